The van der Waals surface area contributed by atoms with Gasteiger partial charge >= 0.3 is 0 Å². The third kappa shape index (κ3) is 6.10. The number of aliphatic hydroxyl groups excluding tert-OH is 8. The van der Waals surface area contributed by atoms with Crippen molar-refractivity contribution in [2.45, 2.75) is 113 Å². The lowest BCUT2D eigenvalue weighted by atomic mass is 9.95. The Morgan fingerprint density at radius 1 is 0.743 bits per heavy atom. The third-order valence-electron chi connectivity index (χ3n) is 6.40. The molecule has 0 spiro atoms. The van der Waals surface area contributed by atoms with Crippen LogP contribution in [0.3, 0.4) is 0 Å². The lowest BCUT2D eigenvalue weighted by Crippen LogP contribution is -2.67. The minimum Gasteiger partial charge on any atom is -0.388 e. The van der Waals surface area contributed by atoms with Crippen molar-refractivity contribution < 1.29 is 69.3 Å². The van der Waals surface area contributed by atoms with Crippen molar-refractivity contribution in [2.75, 3.05) is 6.61 Å². The first kappa shape index (κ1) is 28.5. The Kier molecular flexibility index (Phi) is 9.42. The molecular formula is C20H35NO14. The van der Waals surface area contributed by atoms with Gasteiger partial charge in [0.15, 0.2) is 18.9 Å². The van der Waals surface area contributed by atoms with E-state index in [1.54, 1.807) is 0 Å². The molecular weight excluding hydrogens is 478 g/mol. The maximum absolute atomic E-state index is 11.5. The highest BCUT2D eigenvalue weighted by molar-refractivity contribution is 5.73. The summed E-state index contributed by atoms with van der Waals surface area (Å²) in [5.74, 6) is -0.591. The molecule has 3 heterocycles. The molecule has 0 radical (unpaired) electrons. The maximum Gasteiger partial charge on any atom is 0.217 e. The Morgan fingerprint density at radius 3 is 1.80 bits per heavy atom. The number of amides is 1. The Morgan fingerprint density at radius 2 is 1.26 bits per heavy atom. The molecule has 3 fully saturated rings. The minimum atomic E-state index is -1.72. The molecule has 0 aromatic heterocycles. The van der Waals surface area contributed by atoms with Crippen LogP contribution >= 0.6 is 0 Å². The summed E-state index contributed by atoms with van der Waals surface area (Å²) in [5.41, 5.74) is 0. The monoisotopic (exact) mass is 513 g/mol. The molecule has 0 bridgehead atoms. The maximum atomic E-state index is 11.5. The number of carbonyl (C=O) groups is 1. The quantitative estimate of drug-likeness (QED) is 0.161. The van der Waals surface area contributed by atoms with Gasteiger partial charge in [0, 0.05) is 6.92 Å². The lowest BCUT2D eigenvalue weighted by Gasteiger charge is -2.46. The number of aliphatic hydroxyl groups is 8. The van der Waals surface area contributed by atoms with Gasteiger partial charge in [-0.3, -0.25) is 4.79 Å². The first-order valence-electron chi connectivity index (χ1n) is 11.3. The first-order chi connectivity index (χ1) is 16.3. The van der Waals surface area contributed by atoms with Crippen molar-refractivity contribution in [1.82, 2.24) is 5.32 Å². The predicted molar refractivity (Wildman–Crippen MR) is 110 cm³/mol. The number of ether oxygens (including phenoxy) is 5. The van der Waals surface area contributed by atoms with Crippen LogP contribution in [0.2, 0.25) is 0 Å². The van der Waals surface area contributed by atoms with E-state index in [9.17, 15) is 45.6 Å². The Bertz CT molecular complexity index is 715. The largest absolute Gasteiger partial charge is 0.388 e. The highest BCUT2D eigenvalue weighted by atomic mass is 16.7. The van der Waals surface area contributed by atoms with E-state index in [1.165, 1.54) is 13.8 Å². The van der Waals surface area contributed by atoms with Gasteiger partial charge in [-0.15, -0.1) is 0 Å². The van der Waals surface area contributed by atoms with E-state index >= 15 is 0 Å². The van der Waals surface area contributed by atoms with E-state index in [0.29, 0.717) is 0 Å². The zero-order valence-corrected chi connectivity index (χ0v) is 19.4. The van der Waals surface area contributed by atoms with Crippen LogP contribution in [-0.4, -0.2) is 145 Å². The summed E-state index contributed by atoms with van der Waals surface area (Å²) in [6.07, 6.45) is -20.2. The van der Waals surface area contributed by atoms with E-state index < -0.39 is 105 Å². The summed E-state index contributed by atoms with van der Waals surface area (Å²) < 4.78 is 27.4. The van der Waals surface area contributed by atoms with Gasteiger partial charge in [-0.2, -0.15) is 0 Å². The highest BCUT2D eigenvalue weighted by Crippen LogP contribution is 2.30. The number of carbonyl (C=O) groups excluding carboxylic acids is 1. The summed E-state index contributed by atoms with van der Waals surface area (Å²) in [6, 6.07) is -1.35. The summed E-state index contributed by atoms with van der Waals surface area (Å²) in [6.45, 7) is 3.54. The van der Waals surface area contributed by atoms with Gasteiger partial charge in [0.25, 0.3) is 0 Å². The van der Waals surface area contributed by atoms with Crippen LogP contribution in [0.1, 0.15) is 20.8 Å². The lowest BCUT2D eigenvalue weighted by molar-refractivity contribution is -0.350. The second-order valence-corrected chi connectivity index (χ2v) is 9.08. The topological polar surface area (TPSA) is 237 Å². The molecule has 0 saturated carbocycles. The second-order valence-electron chi connectivity index (χ2n) is 9.08. The fourth-order valence-electron chi connectivity index (χ4n) is 4.25. The van der Waals surface area contributed by atoms with E-state index in [2.05, 4.69) is 5.32 Å². The number of nitrogens with one attached hydrogen (secondary N) is 1. The number of hydrogen-bond donors (Lipinski definition) is 9. The van der Waals surface area contributed by atoms with Crippen LogP contribution in [0.15, 0.2) is 0 Å². The van der Waals surface area contributed by atoms with Crippen LogP contribution in [0.4, 0.5) is 0 Å². The van der Waals surface area contributed by atoms with Gasteiger partial charge in [-0.1, -0.05) is 0 Å². The number of hydrogen-bond acceptors (Lipinski definition) is 14. The molecule has 3 rings (SSSR count). The molecule has 35 heavy (non-hydrogen) atoms. The molecule has 15 nitrogen and oxygen atoms in total. The van der Waals surface area contributed by atoms with Crippen LogP contribution in [0.25, 0.3) is 0 Å². The molecule has 0 unspecified atom stereocenters. The van der Waals surface area contributed by atoms with Crippen molar-refractivity contribution in [3.8, 4) is 0 Å². The summed E-state index contributed by atoms with van der Waals surface area (Å²) in [5, 5.41) is 83.8. The Balaban J connectivity index is 1.76. The molecule has 3 aliphatic rings. The molecule has 1 amide bonds. The fraction of sp³-hybridized carbons (Fsp3) is 0.950. The second kappa shape index (κ2) is 11.6. The zero-order chi connectivity index (χ0) is 26.2. The van der Waals surface area contributed by atoms with Gasteiger partial charge in [0.05, 0.1) is 18.8 Å². The fourth-order valence-corrected chi connectivity index (χ4v) is 4.25. The highest BCUT2D eigenvalue weighted by Gasteiger charge is 2.51. The van der Waals surface area contributed by atoms with Crippen molar-refractivity contribution in [3.05, 3.63) is 0 Å². The van der Waals surface area contributed by atoms with Crippen LogP contribution in [0, 0.1) is 0 Å². The summed E-state index contributed by atoms with van der Waals surface area (Å²) >= 11 is 0. The van der Waals surface area contributed by atoms with Gasteiger partial charge in [-0.25, -0.2) is 0 Å². The summed E-state index contributed by atoms with van der Waals surface area (Å²) in [7, 11) is 0. The van der Waals surface area contributed by atoms with E-state index in [0.717, 1.165) is 6.92 Å². The van der Waals surface area contributed by atoms with E-state index in [4.69, 9.17) is 23.7 Å². The van der Waals surface area contributed by atoms with Crippen LogP contribution in [0.5, 0.6) is 0 Å². The molecule has 15 atom stereocenters. The average Bonchev–Trinajstić information content (AvgIpc) is 2.80. The Hall–Kier alpha value is -1.05. The molecule has 0 aromatic carbocycles. The SMILES string of the molecule is CC(=O)N[C@@H]1[C@@H](O)[C@H](O[C@@H]2O[C@@H](C)[C@@H](O)[C@@H](O)[C@@H]2O)[C@@H](CO[C@@H]2O[C@@H](C)[C@@H](O)[C@@H](O)[C@@H]2O)O[C@H]1O. The van der Waals surface area contributed by atoms with Crippen LogP contribution in [-0.2, 0) is 28.5 Å². The van der Waals surface area contributed by atoms with E-state index in [1.807, 2.05) is 0 Å². The Labute approximate surface area is 200 Å². The van der Waals surface area contributed by atoms with Gasteiger partial charge in [-0.05, 0) is 13.8 Å². The standard InChI is InChI=1S/C20H35NO14/c1-5-10(23)13(26)15(28)19(32-5)31-4-8-17(12(25)9(18(30)34-8)21-7(3)22)35-20-16(29)14(27)11(24)6(2)33-20/h5-6,8-20,23-30H,4H2,1-3H3,(H,21,22)/t5-,6-,8+,9+,10+,11+,12+,13+,14+,15-,16-,17+,18+,19+,20-/m0/s1. The van der Waals surface area contributed by atoms with Crippen molar-refractivity contribution in [1.29, 1.82) is 0 Å². The van der Waals surface area contributed by atoms with Crippen molar-refractivity contribution >= 4 is 5.91 Å². The molecule has 0 aliphatic carbocycles. The molecule has 204 valence electrons. The van der Waals surface area contributed by atoms with E-state index in [-0.39, 0.29) is 0 Å². The van der Waals surface area contributed by atoms with Crippen LogP contribution < -0.4 is 5.32 Å². The third-order valence-corrected chi connectivity index (χ3v) is 6.40. The van der Waals surface area contributed by atoms with Gasteiger partial charge < -0.3 is 69.9 Å². The van der Waals surface area contributed by atoms with Gasteiger partial charge in [0.1, 0.15) is 61.0 Å². The normalized spacial score (nSPS) is 51.1. The molecule has 0 aromatic rings. The molecule has 3 saturated heterocycles. The van der Waals surface area contributed by atoms with Gasteiger partial charge in [0.2, 0.25) is 5.91 Å². The van der Waals surface area contributed by atoms with Crippen molar-refractivity contribution in [2.24, 2.45) is 0 Å². The molecule has 15 heteroatoms. The predicted octanol–water partition coefficient (Wildman–Crippen LogP) is -5.37. The number of rotatable bonds is 6. The first-order valence-corrected chi connectivity index (χ1v) is 11.3. The smallest absolute Gasteiger partial charge is 0.217 e. The average molecular weight is 513 g/mol. The molecule has 9 N–H and O–H groups in total. The summed E-state index contributed by atoms with van der Waals surface area (Å²) in [4.78, 5) is 11.5. The minimum absolute atomic E-state index is 0.494. The zero-order valence-electron chi connectivity index (χ0n) is 19.4. The molecule has 3 aliphatic heterocycles. The van der Waals surface area contributed by atoms with Crippen molar-refractivity contribution in [3.63, 3.8) is 0 Å².